The minimum absolute atomic E-state index is 0.479. The van der Waals surface area contributed by atoms with E-state index >= 15 is 0 Å². The standard InChI is InChI=1S/C13H19N3O3S/c1-9-8-14-12(20-9)15-11(19)16-13(10(17)18)6-4-2-3-5-7-13/h8H,2-7H2,1H3,(H,17,18)(H2,14,15,16,19). The van der Waals surface area contributed by atoms with Gasteiger partial charge < -0.3 is 10.4 Å². The van der Waals surface area contributed by atoms with Crippen molar-refractivity contribution >= 4 is 28.5 Å². The van der Waals surface area contributed by atoms with Crippen molar-refractivity contribution in [2.45, 2.75) is 51.0 Å². The van der Waals surface area contributed by atoms with Crippen molar-refractivity contribution in [3.63, 3.8) is 0 Å². The van der Waals surface area contributed by atoms with Gasteiger partial charge in [0.05, 0.1) is 0 Å². The molecule has 2 amide bonds. The number of aromatic nitrogens is 1. The highest BCUT2D eigenvalue weighted by atomic mass is 32.1. The Hall–Kier alpha value is -1.63. The van der Waals surface area contributed by atoms with Gasteiger partial charge in [-0.25, -0.2) is 14.6 Å². The van der Waals surface area contributed by atoms with Crippen LogP contribution in [0, 0.1) is 6.92 Å². The molecule has 1 fully saturated rings. The Morgan fingerprint density at radius 3 is 2.45 bits per heavy atom. The first-order chi connectivity index (χ1) is 9.52. The number of carbonyl (C=O) groups is 2. The molecule has 1 aromatic heterocycles. The summed E-state index contributed by atoms with van der Waals surface area (Å²) < 4.78 is 0. The molecule has 0 saturated heterocycles. The molecule has 1 aliphatic rings. The number of hydrogen-bond acceptors (Lipinski definition) is 4. The summed E-state index contributed by atoms with van der Waals surface area (Å²) in [6, 6.07) is -0.497. The first-order valence-corrected chi connectivity index (χ1v) is 7.58. The Kier molecular flexibility index (Phi) is 4.59. The number of carboxylic acid groups (broad SMARTS) is 1. The highest BCUT2D eigenvalue weighted by molar-refractivity contribution is 7.15. The van der Waals surface area contributed by atoms with E-state index in [1.165, 1.54) is 11.3 Å². The minimum atomic E-state index is -1.15. The van der Waals surface area contributed by atoms with Crippen LogP contribution in [-0.4, -0.2) is 27.6 Å². The van der Waals surface area contributed by atoms with Gasteiger partial charge in [-0.05, 0) is 19.8 Å². The van der Waals surface area contributed by atoms with Crippen molar-refractivity contribution in [1.82, 2.24) is 10.3 Å². The molecule has 1 aromatic rings. The fourth-order valence-corrected chi connectivity index (χ4v) is 3.14. The smallest absolute Gasteiger partial charge is 0.329 e. The van der Waals surface area contributed by atoms with Crippen molar-refractivity contribution < 1.29 is 14.7 Å². The quantitative estimate of drug-likeness (QED) is 0.748. The average molecular weight is 297 g/mol. The Morgan fingerprint density at radius 1 is 1.30 bits per heavy atom. The van der Waals surface area contributed by atoms with Crippen LogP contribution >= 0.6 is 11.3 Å². The van der Waals surface area contributed by atoms with Crippen molar-refractivity contribution in [3.8, 4) is 0 Å². The van der Waals surface area contributed by atoms with E-state index in [1.807, 2.05) is 6.92 Å². The number of carbonyl (C=O) groups excluding carboxylic acids is 1. The number of aliphatic carboxylic acids is 1. The molecule has 1 heterocycles. The Morgan fingerprint density at radius 2 is 1.95 bits per heavy atom. The summed E-state index contributed by atoms with van der Waals surface area (Å²) in [5, 5.41) is 15.2. The second-order valence-corrected chi connectivity index (χ2v) is 6.39. The third-order valence-corrected chi connectivity index (χ3v) is 4.39. The number of carboxylic acids is 1. The number of aryl methyl sites for hydroxylation is 1. The van der Waals surface area contributed by atoms with Crippen molar-refractivity contribution in [2.75, 3.05) is 5.32 Å². The summed E-state index contributed by atoms with van der Waals surface area (Å²) in [5.41, 5.74) is -1.15. The largest absolute Gasteiger partial charge is 0.480 e. The maximum atomic E-state index is 12.0. The number of amides is 2. The highest BCUT2D eigenvalue weighted by Gasteiger charge is 2.40. The zero-order chi connectivity index (χ0) is 14.6. The zero-order valence-electron chi connectivity index (χ0n) is 11.4. The van der Waals surface area contributed by atoms with Crippen LogP contribution in [0.3, 0.4) is 0 Å². The van der Waals surface area contributed by atoms with Crippen LogP contribution in [0.2, 0.25) is 0 Å². The van der Waals surface area contributed by atoms with Crippen molar-refractivity contribution in [3.05, 3.63) is 11.1 Å². The lowest BCUT2D eigenvalue weighted by Gasteiger charge is -2.29. The SMILES string of the molecule is Cc1cnc(NC(=O)NC2(C(=O)O)CCCCCC2)s1. The summed E-state index contributed by atoms with van der Waals surface area (Å²) in [7, 11) is 0. The van der Waals surface area contributed by atoms with Gasteiger partial charge >= 0.3 is 12.0 Å². The first-order valence-electron chi connectivity index (χ1n) is 6.77. The van der Waals surface area contributed by atoms with Crippen LogP contribution in [0.25, 0.3) is 0 Å². The van der Waals surface area contributed by atoms with Crippen LogP contribution in [0.5, 0.6) is 0 Å². The van der Waals surface area contributed by atoms with Gasteiger partial charge in [0.1, 0.15) is 5.54 Å². The Balaban J connectivity index is 2.03. The number of anilines is 1. The fraction of sp³-hybridized carbons (Fsp3) is 0.615. The number of nitrogens with one attached hydrogen (secondary N) is 2. The van der Waals surface area contributed by atoms with E-state index in [-0.39, 0.29) is 0 Å². The summed E-state index contributed by atoms with van der Waals surface area (Å²) in [6.45, 7) is 1.89. The average Bonchev–Trinajstić information content (AvgIpc) is 2.64. The number of rotatable bonds is 3. The molecule has 0 atom stereocenters. The molecule has 0 aromatic carbocycles. The molecular formula is C13H19N3O3S. The highest BCUT2D eigenvalue weighted by Crippen LogP contribution is 2.27. The van der Waals surface area contributed by atoms with E-state index < -0.39 is 17.5 Å². The van der Waals surface area contributed by atoms with Gasteiger partial charge in [-0.15, -0.1) is 11.3 Å². The predicted molar refractivity (Wildman–Crippen MR) is 77.1 cm³/mol. The van der Waals surface area contributed by atoms with Crippen LogP contribution in [0.15, 0.2) is 6.20 Å². The van der Waals surface area contributed by atoms with E-state index in [9.17, 15) is 14.7 Å². The van der Waals surface area contributed by atoms with Gasteiger partial charge in [-0.1, -0.05) is 25.7 Å². The molecule has 0 radical (unpaired) electrons. The second kappa shape index (κ2) is 6.21. The summed E-state index contributed by atoms with van der Waals surface area (Å²) in [5.74, 6) is -0.954. The van der Waals surface area contributed by atoms with Crippen molar-refractivity contribution in [2.24, 2.45) is 0 Å². The molecule has 110 valence electrons. The maximum Gasteiger partial charge on any atom is 0.329 e. The molecule has 7 heteroatoms. The van der Waals surface area contributed by atoms with Crippen LogP contribution in [0.4, 0.5) is 9.93 Å². The number of urea groups is 1. The summed E-state index contributed by atoms with van der Waals surface area (Å²) >= 11 is 1.36. The van der Waals surface area contributed by atoms with Crippen LogP contribution in [-0.2, 0) is 4.79 Å². The molecule has 0 unspecified atom stereocenters. The van der Waals surface area contributed by atoms with Gasteiger partial charge in [-0.2, -0.15) is 0 Å². The molecule has 0 aliphatic heterocycles. The van der Waals surface area contributed by atoms with E-state index in [4.69, 9.17) is 0 Å². The lowest BCUT2D eigenvalue weighted by Crippen LogP contribution is -2.55. The lowest BCUT2D eigenvalue weighted by atomic mass is 9.90. The third-order valence-electron chi connectivity index (χ3n) is 3.56. The minimum Gasteiger partial charge on any atom is -0.480 e. The molecule has 1 saturated carbocycles. The molecular weight excluding hydrogens is 278 g/mol. The summed E-state index contributed by atoms with van der Waals surface area (Å²) in [6.07, 6.45) is 6.30. The van der Waals surface area contributed by atoms with Crippen LogP contribution in [0.1, 0.15) is 43.4 Å². The first kappa shape index (κ1) is 14.8. The summed E-state index contributed by atoms with van der Waals surface area (Å²) in [4.78, 5) is 28.6. The fourth-order valence-electron chi connectivity index (χ4n) is 2.48. The molecule has 0 spiro atoms. The van der Waals surface area contributed by atoms with Crippen molar-refractivity contribution in [1.29, 1.82) is 0 Å². The molecule has 1 aliphatic carbocycles. The number of hydrogen-bond donors (Lipinski definition) is 3. The van der Waals surface area contributed by atoms with E-state index in [0.29, 0.717) is 18.0 Å². The second-order valence-electron chi connectivity index (χ2n) is 5.16. The third kappa shape index (κ3) is 3.47. The monoisotopic (exact) mass is 297 g/mol. The normalized spacial score (nSPS) is 18.1. The van der Waals surface area contributed by atoms with Gasteiger partial charge in [0.2, 0.25) is 0 Å². The number of thiazole rings is 1. The topological polar surface area (TPSA) is 91.3 Å². The molecule has 0 bridgehead atoms. The lowest BCUT2D eigenvalue weighted by molar-refractivity contribution is -0.145. The predicted octanol–water partition coefficient (Wildman–Crippen LogP) is 2.75. The van der Waals surface area contributed by atoms with E-state index in [2.05, 4.69) is 15.6 Å². The van der Waals surface area contributed by atoms with E-state index in [1.54, 1.807) is 6.20 Å². The zero-order valence-corrected chi connectivity index (χ0v) is 12.3. The molecule has 20 heavy (non-hydrogen) atoms. The van der Waals surface area contributed by atoms with Gasteiger partial charge in [0, 0.05) is 11.1 Å². The Bertz CT molecular complexity index is 493. The van der Waals surface area contributed by atoms with E-state index in [0.717, 1.165) is 30.6 Å². The van der Waals surface area contributed by atoms with Crippen LogP contribution < -0.4 is 10.6 Å². The molecule has 2 rings (SSSR count). The number of nitrogens with zero attached hydrogens (tertiary/aromatic N) is 1. The van der Waals surface area contributed by atoms with Gasteiger partial charge in [0.15, 0.2) is 5.13 Å². The van der Waals surface area contributed by atoms with Gasteiger partial charge in [-0.3, -0.25) is 5.32 Å². The van der Waals surface area contributed by atoms with Gasteiger partial charge in [0.25, 0.3) is 0 Å². The maximum absolute atomic E-state index is 12.0. The Labute approximate surface area is 121 Å². The molecule has 6 nitrogen and oxygen atoms in total. The molecule has 3 N–H and O–H groups in total.